The van der Waals surface area contributed by atoms with Gasteiger partial charge in [0.1, 0.15) is 17.7 Å². The van der Waals surface area contributed by atoms with E-state index in [1.165, 1.54) is 21.5 Å². The van der Waals surface area contributed by atoms with Crippen LogP contribution in [0.2, 0.25) is 0 Å². The normalized spacial score (nSPS) is 21.9. The van der Waals surface area contributed by atoms with E-state index >= 15 is 0 Å². The molecule has 1 fully saturated rings. The van der Waals surface area contributed by atoms with Crippen molar-refractivity contribution in [1.29, 1.82) is 0 Å². The molecule has 2 aromatic carbocycles. The molecule has 2 aliphatic heterocycles. The number of tetrazole rings is 1. The highest BCUT2D eigenvalue weighted by molar-refractivity contribution is 5.54. The summed E-state index contributed by atoms with van der Waals surface area (Å²) in [6, 6.07) is 6.40. The van der Waals surface area contributed by atoms with Crippen molar-refractivity contribution in [3.05, 3.63) is 76.6 Å². The fourth-order valence-corrected chi connectivity index (χ4v) is 5.09. The van der Waals surface area contributed by atoms with Gasteiger partial charge in [-0.15, -0.1) is 10.2 Å². The standard InChI is InChI=1S/C24H22F4N8O/c1-34-32-23(31-33-34)24-30-18-9-35(10-20(18)36(24)19-4-2-3-16(27)21(19)28)13-8-17(29)22(37-11-13)14-7-12(25)5-6-15(14)26/h2-7,13,17,22H,8-11,29H2,1H3/t13-,17+,22-/m1/s1. The summed E-state index contributed by atoms with van der Waals surface area (Å²) in [5, 5.41) is 12.0. The van der Waals surface area contributed by atoms with E-state index in [0.29, 0.717) is 30.9 Å². The minimum atomic E-state index is -1.02. The van der Waals surface area contributed by atoms with Crippen LogP contribution in [0.1, 0.15) is 29.5 Å². The maximum atomic E-state index is 14.9. The predicted molar refractivity (Wildman–Crippen MR) is 122 cm³/mol. The molecule has 0 aliphatic carbocycles. The number of nitrogens with two attached hydrogens (primary N) is 1. The van der Waals surface area contributed by atoms with Crippen molar-refractivity contribution >= 4 is 0 Å². The number of aromatic nitrogens is 6. The van der Waals surface area contributed by atoms with Crippen molar-refractivity contribution in [3.63, 3.8) is 0 Å². The predicted octanol–water partition coefficient (Wildman–Crippen LogP) is 2.79. The lowest BCUT2D eigenvalue weighted by molar-refractivity contribution is -0.0534. The van der Waals surface area contributed by atoms with Gasteiger partial charge in [-0.3, -0.25) is 9.47 Å². The zero-order valence-corrected chi connectivity index (χ0v) is 19.7. The first-order valence-corrected chi connectivity index (χ1v) is 11.7. The van der Waals surface area contributed by atoms with E-state index in [2.05, 4.69) is 25.3 Å². The van der Waals surface area contributed by atoms with Crippen LogP contribution in [0.25, 0.3) is 17.3 Å². The van der Waals surface area contributed by atoms with Gasteiger partial charge in [-0.2, -0.15) is 4.80 Å². The molecule has 9 nitrogen and oxygen atoms in total. The van der Waals surface area contributed by atoms with Crippen molar-refractivity contribution < 1.29 is 22.3 Å². The molecule has 1 saturated heterocycles. The first-order chi connectivity index (χ1) is 17.8. The molecule has 2 N–H and O–H groups in total. The Balaban J connectivity index is 1.29. The third-order valence-electron chi connectivity index (χ3n) is 6.82. The van der Waals surface area contributed by atoms with Crippen LogP contribution < -0.4 is 5.73 Å². The number of hydrogen-bond donors (Lipinski definition) is 1. The summed E-state index contributed by atoms with van der Waals surface area (Å²) in [7, 11) is 1.59. The summed E-state index contributed by atoms with van der Waals surface area (Å²) in [4.78, 5) is 7.98. The monoisotopic (exact) mass is 514 g/mol. The van der Waals surface area contributed by atoms with Gasteiger partial charge in [0.15, 0.2) is 17.5 Å². The Morgan fingerprint density at radius 1 is 1.05 bits per heavy atom. The van der Waals surface area contributed by atoms with E-state index in [-0.39, 0.29) is 35.5 Å². The fourth-order valence-electron chi connectivity index (χ4n) is 5.09. The number of aryl methyl sites for hydroxylation is 1. The Labute approximate surface area is 208 Å². The Kier molecular flexibility index (Phi) is 5.77. The Hall–Kier alpha value is -3.68. The Bertz CT molecular complexity index is 1490. The molecule has 2 aliphatic rings. The van der Waals surface area contributed by atoms with Gasteiger partial charge in [0, 0.05) is 30.7 Å². The van der Waals surface area contributed by atoms with Gasteiger partial charge < -0.3 is 10.5 Å². The van der Waals surface area contributed by atoms with Crippen molar-refractivity contribution in [2.45, 2.75) is 37.7 Å². The van der Waals surface area contributed by atoms with Crippen LogP contribution in [-0.4, -0.2) is 53.3 Å². The van der Waals surface area contributed by atoms with E-state index < -0.39 is 35.4 Å². The molecule has 0 bridgehead atoms. The van der Waals surface area contributed by atoms with Crippen molar-refractivity contribution in [2.24, 2.45) is 12.8 Å². The quantitative estimate of drug-likeness (QED) is 0.418. The topological polar surface area (TPSA) is 99.9 Å². The van der Waals surface area contributed by atoms with Crippen LogP contribution in [0, 0.1) is 23.3 Å². The van der Waals surface area contributed by atoms with Crippen molar-refractivity contribution in [3.8, 4) is 17.3 Å². The van der Waals surface area contributed by atoms with Gasteiger partial charge >= 0.3 is 0 Å². The number of ether oxygens (including phenoxy) is 1. The highest BCUT2D eigenvalue weighted by atomic mass is 19.2. The second-order valence-corrected chi connectivity index (χ2v) is 9.22. The number of halogens is 4. The SMILES string of the molecule is Cn1nnc(-c2nc3c(n2-c2cccc(F)c2F)CN([C@H]2CO[C@H](c4cc(F)ccc4F)[C@@H](N)C2)C3)n1. The third kappa shape index (κ3) is 4.08. The van der Waals surface area contributed by atoms with Crippen molar-refractivity contribution in [1.82, 2.24) is 34.7 Å². The van der Waals surface area contributed by atoms with Gasteiger partial charge in [-0.1, -0.05) is 6.07 Å². The molecule has 0 amide bonds. The summed E-state index contributed by atoms with van der Waals surface area (Å²) in [6.07, 6.45) is -0.322. The zero-order valence-electron chi connectivity index (χ0n) is 19.7. The number of rotatable bonds is 4. The van der Waals surface area contributed by atoms with E-state index in [1.807, 2.05) is 0 Å². The molecule has 192 valence electrons. The van der Waals surface area contributed by atoms with Gasteiger partial charge in [-0.25, -0.2) is 22.5 Å². The molecule has 3 atom stereocenters. The lowest BCUT2D eigenvalue weighted by atomic mass is 9.93. The Morgan fingerprint density at radius 2 is 1.89 bits per heavy atom. The minimum Gasteiger partial charge on any atom is -0.370 e. The van der Waals surface area contributed by atoms with Gasteiger partial charge in [0.2, 0.25) is 5.82 Å². The van der Waals surface area contributed by atoms with Gasteiger partial charge in [0.25, 0.3) is 0 Å². The molecule has 6 rings (SSSR count). The largest absolute Gasteiger partial charge is 0.370 e. The average Bonchev–Trinajstić information content (AvgIpc) is 3.57. The highest BCUT2D eigenvalue weighted by Crippen LogP contribution is 2.37. The van der Waals surface area contributed by atoms with E-state index in [0.717, 1.165) is 24.3 Å². The Morgan fingerprint density at radius 3 is 2.65 bits per heavy atom. The van der Waals surface area contributed by atoms with Crippen LogP contribution >= 0.6 is 0 Å². The van der Waals surface area contributed by atoms with E-state index in [9.17, 15) is 17.6 Å². The van der Waals surface area contributed by atoms with Gasteiger partial charge in [-0.05, 0) is 42.0 Å². The van der Waals surface area contributed by atoms with E-state index in [4.69, 9.17) is 10.5 Å². The molecular formula is C24H22F4N8O. The lowest BCUT2D eigenvalue weighted by Gasteiger charge is -2.38. The zero-order chi connectivity index (χ0) is 25.8. The molecule has 0 saturated carbocycles. The fraction of sp³-hybridized carbons (Fsp3) is 0.333. The molecule has 4 heterocycles. The molecular weight excluding hydrogens is 492 g/mol. The molecule has 2 aromatic heterocycles. The molecule has 37 heavy (non-hydrogen) atoms. The molecule has 4 aromatic rings. The maximum absolute atomic E-state index is 14.9. The van der Waals surface area contributed by atoms with Crippen LogP contribution in [0.5, 0.6) is 0 Å². The number of fused-ring (bicyclic) bond motifs is 1. The van der Waals surface area contributed by atoms with Crippen LogP contribution in [0.15, 0.2) is 36.4 Å². The second-order valence-electron chi connectivity index (χ2n) is 9.22. The highest BCUT2D eigenvalue weighted by Gasteiger charge is 2.39. The summed E-state index contributed by atoms with van der Waals surface area (Å²) >= 11 is 0. The summed E-state index contributed by atoms with van der Waals surface area (Å²) in [6.45, 7) is 0.968. The number of nitrogens with zero attached hydrogens (tertiary/aromatic N) is 7. The average molecular weight is 514 g/mol. The number of hydrogen-bond acceptors (Lipinski definition) is 7. The van der Waals surface area contributed by atoms with E-state index in [1.54, 1.807) is 7.05 Å². The third-order valence-corrected chi connectivity index (χ3v) is 6.82. The molecule has 0 radical (unpaired) electrons. The number of imidazole rings is 1. The maximum Gasteiger partial charge on any atom is 0.240 e. The van der Waals surface area contributed by atoms with Crippen LogP contribution in [0.4, 0.5) is 17.6 Å². The first-order valence-electron chi connectivity index (χ1n) is 11.7. The summed E-state index contributed by atoms with van der Waals surface area (Å²) in [5.74, 6) is -2.72. The van der Waals surface area contributed by atoms with Crippen molar-refractivity contribution in [2.75, 3.05) is 6.61 Å². The lowest BCUT2D eigenvalue weighted by Crippen LogP contribution is -2.47. The van der Waals surface area contributed by atoms with Crippen LogP contribution in [0.3, 0.4) is 0 Å². The molecule has 0 unspecified atom stereocenters. The second kappa shape index (κ2) is 9.01. The minimum absolute atomic E-state index is 0.0173. The molecule has 13 heteroatoms. The van der Waals surface area contributed by atoms with Gasteiger partial charge in [0.05, 0.1) is 30.7 Å². The summed E-state index contributed by atoms with van der Waals surface area (Å²) < 4.78 is 64.5. The number of benzene rings is 2. The summed E-state index contributed by atoms with van der Waals surface area (Å²) in [5.41, 5.74) is 7.72. The smallest absolute Gasteiger partial charge is 0.240 e. The van der Waals surface area contributed by atoms with Crippen LogP contribution in [-0.2, 0) is 24.9 Å². The first kappa shape index (κ1) is 23.7. The molecule has 0 spiro atoms.